The minimum absolute atomic E-state index is 0.680. The fourth-order valence-electron chi connectivity index (χ4n) is 2.14. The van der Waals surface area contributed by atoms with Crippen molar-refractivity contribution >= 4 is 0 Å². The van der Waals surface area contributed by atoms with Gasteiger partial charge in [-0.05, 0) is 30.5 Å². The summed E-state index contributed by atoms with van der Waals surface area (Å²) in [6, 6.07) is 7.58. The Labute approximate surface area is 120 Å². The lowest BCUT2D eigenvalue weighted by Gasteiger charge is -2.14. The van der Waals surface area contributed by atoms with Crippen LogP contribution < -0.4 is 4.74 Å². The summed E-state index contributed by atoms with van der Waals surface area (Å²) in [5, 5.41) is 10.5. The molecule has 0 saturated heterocycles. The number of benzene rings is 1. The van der Waals surface area contributed by atoms with Crippen molar-refractivity contribution in [2.45, 2.75) is 39.3 Å². The summed E-state index contributed by atoms with van der Waals surface area (Å²) in [6.45, 7) is 5.72. The third kappa shape index (κ3) is 3.39. The molecule has 108 valence electrons. The predicted octanol–water partition coefficient (Wildman–Crippen LogP) is 3.16. The van der Waals surface area contributed by atoms with Crippen molar-refractivity contribution in [2.24, 2.45) is 0 Å². The monoisotopic (exact) mass is 274 g/mol. The summed E-state index contributed by atoms with van der Waals surface area (Å²) in [6.07, 6.45) is 4.89. The Kier molecular flexibility index (Phi) is 5.18. The van der Waals surface area contributed by atoms with E-state index in [-0.39, 0.29) is 0 Å². The average Bonchev–Trinajstić information content (AvgIpc) is 2.93. The zero-order valence-corrected chi connectivity index (χ0v) is 12.1. The molecule has 1 N–H and O–H groups in total. The van der Waals surface area contributed by atoms with Crippen LogP contribution in [0.1, 0.15) is 44.2 Å². The Bertz CT molecular complexity index is 537. The molecule has 1 aromatic heterocycles. The van der Waals surface area contributed by atoms with E-state index >= 15 is 0 Å². The number of aromatic nitrogens is 2. The molecule has 4 heteroatoms. The van der Waals surface area contributed by atoms with Crippen LogP contribution in [0.2, 0.25) is 0 Å². The second-order valence-electron chi connectivity index (χ2n) is 4.80. The van der Waals surface area contributed by atoms with Gasteiger partial charge in [0, 0.05) is 18.9 Å². The van der Waals surface area contributed by atoms with E-state index in [1.165, 1.54) is 0 Å². The number of hydrogen-bond donors (Lipinski definition) is 1. The summed E-state index contributed by atoms with van der Waals surface area (Å²) >= 11 is 0. The molecule has 0 radical (unpaired) electrons. The Balaban J connectivity index is 2.19. The largest absolute Gasteiger partial charge is 0.494 e. The summed E-state index contributed by atoms with van der Waals surface area (Å²) in [5.41, 5.74) is 0.808. The molecule has 0 amide bonds. The molecule has 0 aliphatic heterocycles. The van der Waals surface area contributed by atoms with E-state index in [2.05, 4.69) is 18.8 Å². The Morgan fingerprint density at radius 3 is 2.90 bits per heavy atom. The Hall–Kier alpha value is -1.81. The van der Waals surface area contributed by atoms with E-state index < -0.39 is 6.10 Å². The van der Waals surface area contributed by atoms with Gasteiger partial charge in [-0.2, -0.15) is 0 Å². The van der Waals surface area contributed by atoms with Crippen LogP contribution in [0.15, 0.2) is 36.7 Å². The lowest BCUT2D eigenvalue weighted by Crippen LogP contribution is -2.10. The van der Waals surface area contributed by atoms with E-state index in [1.807, 2.05) is 35.0 Å². The van der Waals surface area contributed by atoms with Gasteiger partial charge in [-0.25, -0.2) is 4.98 Å². The standard InChI is InChI=1S/C16H22N2O2/c1-3-9-18-10-8-17-16(18)15(19)13-6-5-7-14(12-13)20-11-4-2/h5-8,10,12,15,19H,3-4,9,11H2,1-2H3. The molecule has 20 heavy (non-hydrogen) atoms. The number of hydrogen-bond acceptors (Lipinski definition) is 3. The number of aryl methyl sites for hydroxylation is 1. The summed E-state index contributed by atoms with van der Waals surface area (Å²) in [7, 11) is 0. The van der Waals surface area contributed by atoms with E-state index in [1.54, 1.807) is 6.20 Å². The van der Waals surface area contributed by atoms with E-state index in [0.29, 0.717) is 12.4 Å². The fraction of sp³-hybridized carbons (Fsp3) is 0.438. The maximum Gasteiger partial charge on any atom is 0.142 e. The van der Waals surface area contributed by atoms with Gasteiger partial charge in [-0.15, -0.1) is 0 Å². The molecular formula is C16H22N2O2. The lowest BCUT2D eigenvalue weighted by molar-refractivity contribution is 0.203. The first kappa shape index (κ1) is 14.6. The number of nitrogens with zero attached hydrogens (tertiary/aromatic N) is 2. The SMILES string of the molecule is CCCOc1cccc(C(O)c2nccn2CCC)c1. The molecule has 1 heterocycles. The molecule has 0 aliphatic carbocycles. The molecule has 0 spiro atoms. The van der Waals surface area contributed by atoms with Crippen LogP contribution in [0.3, 0.4) is 0 Å². The van der Waals surface area contributed by atoms with Crippen molar-refractivity contribution in [3.05, 3.63) is 48.0 Å². The molecule has 2 aromatic rings. The van der Waals surface area contributed by atoms with Crippen molar-refractivity contribution in [2.75, 3.05) is 6.61 Å². The van der Waals surface area contributed by atoms with Gasteiger partial charge in [0.2, 0.25) is 0 Å². The molecule has 0 saturated carbocycles. The second-order valence-corrected chi connectivity index (χ2v) is 4.80. The second kappa shape index (κ2) is 7.10. The van der Waals surface area contributed by atoms with E-state index in [4.69, 9.17) is 4.74 Å². The highest BCUT2D eigenvalue weighted by molar-refractivity contribution is 5.32. The third-order valence-corrected chi connectivity index (χ3v) is 3.10. The van der Waals surface area contributed by atoms with Crippen LogP contribution in [0.5, 0.6) is 5.75 Å². The van der Waals surface area contributed by atoms with Gasteiger partial charge in [-0.3, -0.25) is 0 Å². The summed E-state index contributed by atoms with van der Waals surface area (Å²) < 4.78 is 7.59. The zero-order chi connectivity index (χ0) is 14.4. The fourth-order valence-corrected chi connectivity index (χ4v) is 2.14. The topological polar surface area (TPSA) is 47.3 Å². The summed E-state index contributed by atoms with van der Waals surface area (Å²) in [4.78, 5) is 4.28. The highest BCUT2D eigenvalue weighted by Gasteiger charge is 2.16. The minimum atomic E-state index is -0.721. The van der Waals surface area contributed by atoms with E-state index in [9.17, 15) is 5.11 Å². The highest BCUT2D eigenvalue weighted by atomic mass is 16.5. The van der Waals surface area contributed by atoms with Crippen LogP contribution in [0.25, 0.3) is 0 Å². The van der Waals surface area contributed by atoms with Crippen molar-refractivity contribution < 1.29 is 9.84 Å². The Morgan fingerprint density at radius 1 is 1.30 bits per heavy atom. The van der Waals surface area contributed by atoms with Gasteiger partial charge in [0.15, 0.2) is 0 Å². The first-order valence-corrected chi connectivity index (χ1v) is 7.18. The van der Waals surface area contributed by atoms with Crippen LogP contribution in [0.4, 0.5) is 0 Å². The van der Waals surface area contributed by atoms with Gasteiger partial charge in [0.25, 0.3) is 0 Å². The molecule has 1 aromatic carbocycles. The maximum atomic E-state index is 10.5. The van der Waals surface area contributed by atoms with Gasteiger partial charge < -0.3 is 14.4 Å². The van der Waals surface area contributed by atoms with Gasteiger partial charge >= 0.3 is 0 Å². The molecule has 0 bridgehead atoms. The average molecular weight is 274 g/mol. The number of rotatable bonds is 7. The molecule has 1 unspecified atom stereocenters. The number of ether oxygens (including phenoxy) is 1. The Morgan fingerprint density at radius 2 is 2.15 bits per heavy atom. The van der Waals surface area contributed by atoms with Gasteiger partial charge in [-0.1, -0.05) is 26.0 Å². The van der Waals surface area contributed by atoms with Crippen LogP contribution >= 0.6 is 0 Å². The first-order valence-electron chi connectivity index (χ1n) is 7.18. The maximum absolute atomic E-state index is 10.5. The predicted molar refractivity (Wildman–Crippen MR) is 78.8 cm³/mol. The minimum Gasteiger partial charge on any atom is -0.494 e. The summed E-state index contributed by atoms with van der Waals surface area (Å²) in [5.74, 6) is 1.47. The normalized spacial score (nSPS) is 12.3. The van der Waals surface area contributed by atoms with Crippen molar-refractivity contribution in [3.8, 4) is 5.75 Å². The highest BCUT2D eigenvalue weighted by Crippen LogP contribution is 2.24. The third-order valence-electron chi connectivity index (χ3n) is 3.10. The lowest BCUT2D eigenvalue weighted by atomic mass is 10.1. The van der Waals surface area contributed by atoms with Crippen molar-refractivity contribution in [1.82, 2.24) is 9.55 Å². The van der Waals surface area contributed by atoms with Crippen LogP contribution in [0, 0.1) is 0 Å². The molecule has 4 nitrogen and oxygen atoms in total. The van der Waals surface area contributed by atoms with E-state index in [0.717, 1.165) is 30.7 Å². The molecule has 0 fully saturated rings. The van der Waals surface area contributed by atoms with Gasteiger partial charge in [0.05, 0.1) is 6.61 Å². The zero-order valence-electron chi connectivity index (χ0n) is 12.1. The van der Waals surface area contributed by atoms with Crippen LogP contribution in [-0.2, 0) is 6.54 Å². The first-order chi connectivity index (χ1) is 9.76. The molecule has 1 atom stereocenters. The smallest absolute Gasteiger partial charge is 0.142 e. The van der Waals surface area contributed by atoms with Gasteiger partial charge in [0.1, 0.15) is 17.7 Å². The molecule has 0 aliphatic rings. The quantitative estimate of drug-likeness (QED) is 0.843. The van der Waals surface area contributed by atoms with Crippen molar-refractivity contribution in [3.63, 3.8) is 0 Å². The van der Waals surface area contributed by atoms with Crippen LogP contribution in [-0.4, -0.2) is 21.3 Å². The number of imidazole rings is 1. The number of aliphatic hydroxyl groups excluding tert-OH is 1. The molecule has 2 rings (SSSR count). The number of aliphatic hydroxyl groups is 1. The molecular weight excluding hydrogens is 252 g/mol. The van der Waals surface area contributed by atoms with Crippen molar-refractivity contribution in [1.29, 1.82) is 0 Å².